The molecule has 2 aromatic carbocycles. The number of anilines is 2. The predicted molar refractivity (Wildman–Crippen MR) is 121 cm³/mol. The Kier molecular flexibility index (Phi) is 6.56. The molecule has 0 saturated carbocycles. The molecule has 152 valence electrons. The van der Waals surface area contributed by atoms with Crippen LogP contribution in [0.5, 0.6) is 0 Å². The van der Waals surface area contributed by atoms with Crippen LogP contribution in [0.15, 0.2) is 66.9 Å². The number of benzene rings is 2. The number of carbonyl (C=O) groups is 2. The molecule has 5 N–H and O–H groups in total. The standard InChI is InChI=1S/C24H19N5O2/c25-14-18-6-10-21(26)22(13-18)29-23(30)11-7-17-5-9-20(28-15-17)8-4-16-2-1-3-19(12-16)24(27)31/h1-13,15H,26H2,(H2,27,31)(H,29,30)/b8-4+,11-7+. The van der Waals surface area contributed by atoms with E-state index in [1.165, 1.54) is 12.1 Å². The molecule has 1 heterocycles. The second-order valence-corrected chi connectivity index (χ2v) is 6.58. The Morgan fingerprint density at radius 2 is 1.84 bits per heavy atom. The molecule has 0 atom stereocenters. The maximum absolute atomic E-state index is 12.1. The summed E-state index contributed by atoms with van der Waals surface area (Å²) >= 11 is 0. The van der Waals surface area contributed by atoms with Gasteiger partial charge in [0.25, 0.3) is 0 Å². The number of nitrogens with two attached hydrogens (primary N) is 2. The predicted octanol–water partition coefficient (Wildman–Crippen LogP) is 3.46. The molecular formula is C24H19N5O2. The van der Waals surface area contributed by atoms with Gasteiger partial charge in [-0.1, -0.05) is 24.3 Å². The zero-order valence-corrected chi connectivity index (χ0v) is 16.4. The van der Waals surface area contributed by atoms with Crippen molar-refractivity contribution in [2.45, 2.75) is 0 Å². The Hall–Kier alpha value is -4.70. The summed E-state index contributed by atoms with van der Waals surface area (Å²) < 4.78 is 0. The molecule has 0 radical (unpaired) electrons. The van der Waals surface area contributed by atoms with Crippen molar-refractivity contribution in [3.63, 3.8) is 0 Å². The smallest absolute Gasteiger partial charge is 0.248 e. The first kappa shape index (κ1) is 21.0. The molecule has 0 spiro atoms. The van der Waals surface area contributed by atoms with Crippen molar-refractivity contribution in [1.82, 2.24) is 4.98 Å². The molecule has 3 rings (SSSR count). The molecule has 0 aliphatic heterocycles. The third kappa shape index (κ3) is 5.89. The Morgan fingerprint density at radius 1 is 1.00 bits per heavy atom. The topological polar surface area (TPSA) is 135 Å². The van der Waals surface area contributed by atoms with Gasteiger partial charge in [0.1, 0.15) is 0 Å². The Balaban J connectivity index is 1.63. The number of nitrogen functional groups attached to an aromatic ring is 1. The molecule has 0 saturated heterocycles. The number of hydrogen-bond donors (Lipinski definition) is 3. The van der Waals surface area contributed by atoms with Gasteiger partial charge in [-0.3, -0.25) is 14.6 Å². The molecule has 3 aromatic rings. The van der Waals surface area contributed by atoms with Crippen LogP contribution in [-0.4, -0.2) is 16.8 Å². The molecule has 2 amide bonds. The number of nitriles is 1. The SMILES string of the molecule is N#Cc1ccc(N)c(NC(=O)/C=C/c2ccc(/C=C/c3cccc(C(N)=O)c3)nc2)c1. The average Bonchev–Trinajstić information content (AvgIpc) is 2.78. The van der Waals surface area contributed by atoms with Crippen molar-refractivity contribution in [2.24, 2.45) is 5.73 Å². The lowest BCUT2D eigenvalue weighted by molar-refractivity contribution is -0.111. The second kappa shape index (κ2) is 9.67. The maximum Gasteiger partial charge on any atom is 0.248 e. The molecular weight excluding hydrogens is 390 g/mol. The number of hydrogen-bond acceptors (Lipinski definition) is 5. The highest BCUT2D eigenvalue weighted by atomic mass is 16.1. The monoisotopic (exact) mass is 409 g/mol. The molecule has 31 heavy (non-hydrogen) atoms. The molecule has 1 aromatic heterocycles. The first-order chi connectivity index (χ1) is 14.9. The van der Waals surface area contributed by atoms with Gasteiger partial charge >= 0.3 is 0 Å². The van der Waals surface area contributed by atoms with E-state index in [0.29, 0.717) is 28.2 Å². The lowest BCUT2D eigenvalue weighted by atomic mass is 10.1. The van der Waals surface area contributed by atoms with Gasteiger partial charge in [-0.15, -0.1) is 0 Å². The van der Waals surface area contributed by atoms with Gasteiger partial charge in [-0.2, -0.15) is 5.26 Å². The number of carbonyl (C=O) groups excluding carboxylic acids is 2. The minimum Gasteiger partial charge on any atom is -0.397 e. The van der Waals surface area contributed by atoms with Crippen LogP contribution in [0.3, 0.4) is 0 Å². The second-order valence-electron chi connectivity index (χ2n) is 6.58. The quantitative estimate of drug-likeness (QED) is 0.423. The highest BCUT2D eigenvalue weighted by Crippen LogP contribution is 2.19. The highest BCUT2D eigenvalue weighted by Gasteiger charge is 2.04. The van der Waals surface area contributed by atoms with Gasteiger partial charge < -0.3 is 16.8 Å². The van der Waals surface area contributed by atoms with Gasteiger partial charge in [0, 0.05) is 17.8 Å². The van der Waals surface area contributed by atoms with Crippen molar-refractivity contribution in [1.29, 1.82) is 5.26 Å². The lowest BCUT2D eigenvalue weighted by Crippen LogP contribution is -2.10. The zero-order chi connectivity index (χ0) is 22.2. The number of amides is 2. The Morgan fingerprint density at radius 3 is 2.55 bits per heavy atom. The van der Waals surface area contributed by atoms with Crippen LogP contribution >= 0.6 is 0 Å². The summed E-state index contributed by atoms with van der Waals surface area (Å²) in [6.45, 7) is 0. The van der Waals surface area contributed by atoms with E-state index in [0.717, 1.165) is 11.1 Å². The molecule has 7 nitrogen and oxygen atoms in total. The Labute approximate surface area is 179 Å². The fourth-order valence-electron chi connectivity index (χ4n) is 2.67. The van der Waals surface area contributed by atoms with Crippen LogP contribution in [0.2, 0.25) is 0 Å². The number of rotatable bonds is 6. The summed E-state index contributed by atoms with van der Waals surface area (Å²) in [6.07, 6.45) is 8.26. The third-order valence-corrected chi connectivity index (χ3v) is 4.29. The van der Waals surface area contributed by atoms with E-state index in [-0.39, 0.29) is 5.91 Å². The van der Waals surface area contributed by atoms with Crippen LogP contribution in [-0.2, 0) is 4.79 Å². The molecule has 0 fully saturated rings. The number of primary amides is 1. The summed E-state index contributed by atoms with van der Waals surface area (Å²) in [5.41, 5.74) is 15.0. The molecule has 0 bridgehead atoms. The summed E-state index contributed by atoms with van der Waals surface area (Å²) in [4.78, 5) is 27.7. The largest absolute Gasteiger partial charge is 0.397 e. The number of nitrogens with one attached hydrogen (secondary N) is 1. The normalized spacial score (nSPS) is 10.8. The van der Waals surface area contributed by atoms with E-state index >= 15 is 0 Å². The Bertz CT molecular complexity index is 1220. The third-order valence-electron chi connectivity index (χ3n) is 4.29. The first-order valence-electron chi connectivity index (χ1n) is 9.27. The average molecular weight is 409 g/mol. The summed E-state index contributed by atoms with van der Waals surface area (Å²) in [5, 5.41) is 11.6. The maximum atomic E-state index is 12.1. The minimum atomic E-state index is -0.478. The van der Waals surface area contributed by atoms with E-state index in [1.807, 2.05) is 30.4 Å². The van der Waals surface area contributed by atoms with Crippen molar-refractivity contribution >= 4 is 41.4 Å². The number of pyridine rings is 1. The van der Waals surface area contributed by atoms with Crippen LogP contribution in [0, 0.1) is 11.3 Å². The number of nitrogens with zero attached hydrogens (tertiary/aromatic N) is 2. The van der Waals surface area contributed by atoms with E-state index in [2.05, 4.69) is 10.3 Å². The van der Waals surface area contributed by atoms with Crippen molar-refractivity contribution < 1.29 is 9.59 Å². The summed E-state index contributed by atoms with van der Waals surface area (Å²) in [5.74, 6) is -0.853. The first-order valence-corrected chi connectivity index (χ1v) is 9.27. The number of aromatic nitrogens is 1. The molecule has 0 unspecified atom stereocenters. The van der Waals surface area contributed by atoms with E-state index < -0.39 is 5.91 Å². The zero-order valence-electron chi connectivity index (χ0n) is 16.4. The summed E-state index contributed by atoms with van der Waals surface area (Å²) in [6, 6.07) is 17.3. The highest BCUT2D eigenvalue weighted by molar-refractivity contribution is 6.03. The van der Waals surface area contributed by atoms with Gasteiger partial charge in [-0.25, -0.2) is 0 Å². The molecule has 7 heteroatoms. The summed E-state index contributed by atoms with van der Waals surface area (Å²) in [7, 11) is 0. The van der Waals surface area contributed by atoms with Crippen LogP contribution in [0.1, 0.15) is 32.7 Å². The minimum absolute atomic E-state index is 0.375. The van der Waals surface area contributed by atoms with Crippen molar-refractivity contribution in [3.05, 3.63) is 94.8 Å². The fourth-order valence-corrected chi connectivity index (χ4v) is 2.67. The van der Waals surface area contributed by atoms with Gasteiger partial charge in [0.2, 0.25) is 11.8 Å². The van der Waals surface area contributed by atoms with Gasteiger partial charge in [-0.05, 0) is 59.7 Å². The lowest BCUT2D eigenvalue weighted by Gasteiger charge is -2.06. The molecule has 0 aliphatic rings. The molecule has 0 aliphatic carbocycles. The fraction of sp³-hybridized carbons (Fsp3) is 0. The van der Waals surface area contributed by atoms with Crippen molar-refractivity contribution in [3.8, 4) is 6.07 Å². The van der Waals surface area contributed by atoms with Crippen LogP contribution < -0.4 is 16.8 Å². The van der Waals surface area contributed by atoms with E-state index in [1.54, 1.807) is 48.7 Å². The van der Waals surface area contributed by atoms with Crippen molar-refractivity contribution in [2.75, 3.05) is 11.1 Å². The van der Waals surface area contributed by atoms with E-state index in [9.17, 15) is 9.59 Å². The van der Waals surface area contributed by atoms with Gasteiger partial charge in [0.15, 0.2) is 0 Å². The van der Waals surface area contributed by atoms with Crippen LogP contribution in [0.4, 0.5) is 11.4 Å². The van der Waals surface area contributed by atoms with Gasteiger partial charge in [0.05, 0.1) is 28.7 Å². The van der Waals surface area contributed by atoms with E-state index in [4.69, 9.17) is 16.7 Å². The van der Waals surface area contributed by atoms with Crippen LogP contribution in [0.25, 0.3) is 18.2 Å².